The second-order valence-electron chi connectivity index (χ2n) is 4.67. The lowest BCUT2D eigenvalue weighted by Gasteiger charge is -2.35. The predicted molar refractivity (Wildman–Crippen MR) is 75.9 cm³/mol. The number of rotatable bonds is 3. The fourth-order valence-corrected chi connectivity index (χ4v) is 2.59. The minimum atomic E-state index is -0.199. The molecule has 1 saturated heterocycles. The third kappa shape index (κ3) is 2.92. The summed E-state index contributed by atoms with van der Waals surface area (Å²) in [6, 6.07) is 0. The van der Waals surface area contributed by atoms with Gasteiger partial charge in [0.15, 0.2) is 0 Å². The smallest absolute Gasteiger partial charge is 0.224 e. The fraction of sp³-hybridized carbons (Fsp3) is 0.667. The van der Waals surface area contributed by atoms with Gasteiger partial charge in [-0.25, -0.2) is 4.98 Å². The summed E-state index contributed by atoms with van der Waals surface area (Å²) < 4.78 is 0.896. The Labute approximate surface area is 116 Å². The molecule has 2 N–H and O–H groups in total. The third-order valence-electron chi connectivity index (χ3n) is 3.22. The lowest BCUT2D eigenvalue weighted by atomic mass is 9.97. The number of hydrogen-bond acceptors (Lipinski definition) is 5. The van der Waals surface area contributed by atoms with Gasteiger partial charge in [-0.05, 0) is 35.2 Å². The van der Waals surface area contributed by atoms with E-state index in [1.165, 1.54) is 0 Å². The Morgan fingerprint density at radius 2 is 2.39 bits per heavy atom. The van der Waals surface area contributed by atoms with Crippen LogP contribution in [0.5, 0.6) is 0 Å². The largest absolute Gasteiger partial charge is 0.393 e. The molecular formula is C12H19BrN4O. The average molecular weight is 315 g/mol. The molecule has 0 aromatic carbocycles. The van der Waals surface area contributed by atoms with Gasteiger partial charge in [0.25, 0.3) is 0 Å². The Hall–Kier alpha value is -0.880. The quantitative estimate of drug-likeness (QED) is 0.892. The molecule has 2 heterocycles. The first-order chi connectivity index (χ1) is 8.61. The van der Waals surface area contributed by atoms with Crippen molar-refractivity contribution in [2.75, 3.05) is 29.9 Å². The van der Waals surface area contributed by atoms with Crippen molar-refractivity contribution in [2.24, 2.45) is 5.92 Å². The van der Waals surface area contributed by atoms with Crippen LogP contribution in [0.25, 0.3) is 0 Å². The second kappa shape index (κ2) is 5.84. The van der Waals surface area contributed by atoms with Crippen LogP contribution in [0.2, 0.25) is 0 Å². The van der Waals surface area contributed by atoms with Crippen LogP contribution < -0.4 is 10.2 Å². The molecule has 100 valence electrons. The minimum Gasteiger partial charge on any atom is -0.393 e. The first kappa shape index (κ1) is 13.5. The molecule has 1 fully saturated rings. The van der Waals surface area contributed by atoms with Crippen LogP contribution in [-0.4, -0.2) is 40.8 Å². The van der Waals surface area contributed by atoms with E-state index in [0.29, 0.717) is 5.95 Å². The van der Waals surface area contributed by atoms with Crippen LogP contribution in [0, 0.1) is 5.92 Å². The fourth-order valence-electron chi connectivity index (χ4n) is 2.15. The molecule has 1 aliphatic heterocycles. The minimum absolute atomic E-state index is 0.199. The van der Waals surface area contributed by atoms with Gasteiger partial charge in [-0.2, -0.15) is 4.98 Å². The number of aliphatic hydroxyl groups is 1. The van der Waals surface area contributed by atoms with Crippen molar-refractivity contribution in [3.05, 3.63) is 10.7 Å². The molecule has 5 nitrogen and oxygen atoms in total. The second-order valence-corrected chi connectivity index (χ2v) is 5.53. The summed E-state index contributed by atoms with van der Waals surface area (Å²) in [5.41, 5.74) is 0. The first-order valence-corrected chi connectivity index (χ1v) is 7.10. The van der Waals surface area contributed by atoms with E-state index in [4.69, 9.17) is 0 Å². The lowest BCUT2D eigenvalue weighted by Crippen LogP contribution is -2.42. The molecule has 0 saturated carbocycles. The van der Waals surface area contributed by atoms with Gasteiger partial charge in [-0.3, -0.25) is 0 Å². The summed E-state index contributed by atoms with van der Waals surface area (Å²) in [5.74, 6) is 1.82. The molecule has 1 aromatic heterocycles. The Morgan fingerprint density at radius 1 is 1.61 bits per heavy atom. The third-order valence-corrected chi connectivity index (χ3v) is 3.78. The van der Waals surface area contributed by atoms with E-state index in [1.807, 2.05) is 6.92 Å². The summed E-state index contributed by atoms with van der Waals surface area (Å²) in [6.45, 7) is 6.53. The molecule has 2 rings (SSSR count). The van der Waals surface area contributed by atoms with Crippen molar-refractivity contribution in [1.82, 2.24) is 9.97 Å². The van der Waals surface area contributed by atoms with E-state index in [0.717, 1.165) is 36.3 Å². The van der Waals surface area contributed by atoms with Crippen LogP contribution in [-0.2, 0) is 0 Å². The summed E-state index contributed by atoms with van der Waals surface area (Å²) in [7, 11) is 0. The zero-order valence-corrected chi connectivity index (χ0v) is 12.3. The summed E-state index contributed by atoms with van der Waals surface area (Å²) >= 11 is 3.50. The summed E-state index contributed by atoms with van der Waals surface area (Å²) in [6.07, 6.45) is 2.36. The highest BCUT2D eigenvalue weighted by Gasteiger charge is 2.26. The maximum atomic E-state index is 9.77. The highest BCUT2D eigenvalue weighted by atomic mass is 79.9. The number of nitrogens with zero attached hydrogens (tertiary/aromatic N) is 3. The molecule has 0 spiro atoms. The van der Waals surface area contributed by atoms with Crippen molar-refractivity contribution < 1.29 is 5.11 Å². The van der Waals surface area contributed by atoms with Crippen molar-refractivity contribution in [3.8, 4) is 0 Å². The van der Waals surface area contributed by atoms with E-state index in [9.17, 15) is 5.11 Å². The van der Waals surface area contributed by atoms with Crippen molar-refractivity contribution in [3.63, 3.8) is 0 Å². The Bertz CT molecular complexity index is 415. The van der Waals surface area contributed by atoms with Gasteiger partial charge in [0, 0.05) is 25.8 Å². The summed E-state index contributed by atoms with van der Waals surface area (Å²) in [4.78, 5) is 10.9. The lowest BCUT2D eigenvalue weighted by molar-refractivity contribution is 0.0968. The van der Waals surface area contributed by atoms with Gasteiger partial charge in [0.2, 0.25) is 5.95 Å². The van der Waals surface area contributed by atoms with E-state index >= 15 is 0 Å². The van der Waals surface area contributed by atoms with Crippen LogP contribution in [0.4, 0.5) is 11.8 Å². The highest BCUT2D eigenvalue weighted by molar-refractivity contribution is 9.10. The normalized spacial score (nSPS) is 24.1. The molecule has 1 aliphatic rings. The van der Waals surface area contributed by atoms with E-state index in [1.54, 1.807) is 6.20 Å². The van der Waals surface area contributed by atoms with Crippen molar-refractivity contribution in [1.29, 1.82) is 0 Å². The van der Waals surface area contributed by atoms with Gasteiger partial charge in [-0.15, -0.1) is 0 Å². The molecule has 1 aromatic rings. The number of aliphatic hydroxyl groups excluding tert-OH is 1. The van der Waals surface area contributed by atoms with E-state index in [-0.39, 0.29) is 12.0 Å². The maximum absolute atomic E-state index is 9.77. The van der Waals surface area contributed by atoms with Gasteiger partial charge < -0.3 is 15.3 Å². The number of aromatic nitrogens is 2. The SMILES string of the molecule is CCNc1ncc(Br)c(N2CCC(O)C(C)C2)n1. The van der Waals surface area contributed by atoms with Gasteiger partial charge in [-0.1, -0.05) is 6.92 Å². The molecule has 18 heavy (non-hydrogen) atoms. The van der Waals surface area contributed by atoms with Gasteiger partial charge >= 0.3 is 0 Å². The zero-order chi connectivity index (χ0) is 13.1. The molecule has 6 heteroatoms. The van der Waals surface area contributed by atoms with Crippen LogP contribution in [0.3, 0.4) is 0 Å². The standard InChI is InChI=1S/C12H19BrN4O/c1-3-14-12-15-6-9(13)11(16-12)17-5-4-10(18)8(2)7-17/h6,8,10,18H,3-5,7H2,1-2H3,(H,14,15,16). The first-order valence-electron chi connectivity index (χ1n) is 6.31. The van der Waals surface area contributed by atoms with E-state index < -0.39 is 0 Å². The molecule has 2 unspecified atom stereocenters. The number of halogens is 1. The average Bonchev–Trinajstić information content (AvgIpc) is 2.35. The van der Waals surface area contributed by atoms with Crippen molar-refractivity contribution in [2.45, 2.75) is 26.4 Å². The molecule has 0 bridgehead atoms. The van der Waals surface area contributed by atoms with Crippen LogP contribution >= 0.6 is 15.9 Å². The molecule has 2 atom stereocenters. The molecule has 0 radical (unpaired) electrons. The Morgan fingerprint density at radius 3 is 3.06 bits per heavy atom. The monoisotopic (exact) mass is 314 g/mol. The predicted octanol–water partition coefficient (Wildman–Crippen LogP) is 1.88. The van der Waals surface area contributed by atoms with E-state index in [2.05, 4.69) is 43.0 Å². The number of hydrogen-bond donors (Lipinski definition) is 2. The Kier molecular flexibility index (Phi) is 4.40. The number of anilines is 2. The van der Waals surface area contributed by atoms with Crippen molar-refractivity contribution >= 4 is 27.7 Å². The van der Waals surface area contributed by atoms with Crippen LogP contribution in [0.1, 0.15) is 20.3 Å². The highest BCUT2D eigenvalue weighted by Crippen LogP contribution is 2.28. The molecular weight excluding hydrogens is 296 g/mol. The number of nitrogens with one attached hydrogen (secondary N) is 1. The molecule has 0 aliphatic carbocycles. The van der Waals surface area contributed by atoms with Gasteiger partial charge in [0.05, 0.1) is 10.6 Å². The molecule has 0 amide bonds. The zero-order valence-electron chi connectivity index (χ0n) is 10.7. The van der Waals surface area contributed by atoms with Gasteiger partial charge in [0.1, 0.15) is 5.82 Å². The summed E-state index contributed by atoms with van der Waals surface area (Å²) in [5, 5.41) is 12.9. The maximum Gasteiger partial charge on any atom is 0.224 e. The Balaban J connectivity index is 2.19. The number of piperidine rings is 1. The van der Waals surface area contributed by atoms with Crippen LogP contribution in [0.15, 0.2) is 10.7 Å². The topological polar surface area (TPSA) is 61.3 Å².